The number of thiophene rings is 1. The number of hydrogen-bond donors (Lipinski definition) is 1. The minimum atomic E-state index is 0.880. The van der Waals surface area contributed by atoms with Crippen molar-refractivity contribution in [2.45, 2.75) is 6.92 Å². The molecule has 0 radical (unpaired) electrons. The molecule has 0 amide bonds. The molecule has 0 atom stereocenters. The molecule has 0 saturated carbocycles. The second kappa shape index (κ2) is 2.75. The van der Waals surface area contributed by atoms with Gasteiger partial charge in [-0.1, -0.05) is 15.9 Å². The van der Waals surface area contributed by atoms with E-state index in [1.54, 1.807) is 11.3 Å². The number of benzene rings is 1. The summed E-state index contributed by atoms with van der Waals surface area (Å²) in [4.78, 5) is 0. The van der Waals surface area contributed by atoms with Gasteiger partial charge in [-0.25, -0.2) is 0 Å². The molecule has 0 aliphatic heterocycles. The van der Waals surface area contributed by atoms with Crippen LogP contribution in [0.5, 0.6) is 0 Å². The highest BCUT2D eigenvalue weighted by Crippen LogP contribution is 2.32. The molecule has 12 heavy (non-hydrogen) atoms. The van der Waals surface area contributed by atoms with Crippen LogP contribution in [0.2, 0.25) is 0 Å². The average Bonchev–Trinajstić information content (AvgIpc) is 2.35. The van der Waals surface area contributed by atoms with E-state index in [9.17, 15) is 0 Å². The maximum atomic E-state index is 5.79. The Morgan fingerprint density at radius 3 is 2.92 bits per heavy atom. The molecule has 2 N–H and O–H groups in total. The number of fused-ring (bicyclic) bond motifs is 1. The van der Waals surface area contributed by atoms with Gasteiger partial charge in [-0.2, -0.15) is 0 Å². The molecule has 2 rings (SSSR count). The predicted octanol–water partition coefficient (Wildman–Crippen LogP) is 3.55. The third-order valence-corrected chi connectivity index (χ3v) is 3.70. The third kappa shape index (κ3) is 1.13. The minimum Gasteiger partial charge on any atom is -0.398 e. The van der Waals surface area contributed by atoms with E-state index in [4.69, 9.17) is 5.73 Å². The molecule has 3 heteroatoms. The van der Waals surface area contributed by atoms with Gasteiger partial charge in [-0.15, -0.1) is 11.3 Å². The van der Waals surface area contributed by atoms with E-state index in [1.165, 1.54) is 15.6 Å². The van der Waals surface area contributed by atoms with Crippen LogP contribution in [0, 0.1) is 6.92 Å². The van der Waals surface area contributed by atoms with E-state index >= 15 is 0 Å². The summed E-state index contributed by atoms with van der Waals surface area (Å²) in [5, 5.41) is 3.15. The van der Waals surface area contributed by atoms with E-state index < -0.39 is 0 Å². The standard InChI is InChI=1S/C9H8BrNS/c1-5-2-6-8(11)4-12-9(6)3-7(5)10/h2-4H,11H2,1H3. The Morgan fingerprint density at radius 1 is 1.42 bits per heavy atom. The van der Waals surface area contributed by atoms with Crippen molar-refractivity contribution in [3.8, 4) is 0 Å². The molecule has 0 unspecified atom stereocenters. The molecule has 1 heterocycles. The van der Waals surface area contributed by atoms with Gasteiger partial charge in [0.2, 0.25) is 0 Å². The summed E-state index contributed by atoms with van der Waals surface area (Å²) < 4.78 is 2.39. The summed E-state index contributed by atoms with van der Waals surface area (Å²) in [6.45, 7) is 2.07. The van der Waals surface area contributed by atoms with Crippen LogP contribution in [0.15, 0.2) is 22.0 Å². The zero-order valence-electron chi connectivity index (χ0n) is 6.60. The van der Waals surface area contributed by atoms with Gasteiger partial charge < -0.3 is 5.73 Å². The van der Waals surface area contributed by atoms with Crippen LogP contribution >= 0.6 is 27.3 Å². The maximum absolute atomic E-state index is 5.79. The number of halogens is 1. The van der Waals surface area contributed by atoms with Gasteiger partial charge in [0.15, 0.2) is 0 Å². The topological polar surface area (TPSA) is 26.0 Å². The number of aryl methyl sites for hydroxylation is 1. The highest BCUT2D eigenvalue weighted by atomic mass is 79.9. The number of hydrogen-bond acceptors (Lipinski definition) is 2. The van der Waals surface area contributed by atoms with Crippen molar-refractivity contribution in [3.63, 3.8) is 0 Å². The quantitative estimate of drug-likeness (QED) is 0.751. The van der Waals surface area contributed by atoms with Gasteiger partial charge in [0, 0.05) is 19.9 Å². The van der Waals surface area contributed by atoms with Crippen molar-refractivity contribution in [2.75, 3.05) is 5.73 Å². The Labute approximate surface area is 83.3 Å². The summed E-state index contributed by atoms with van der Waals surface area (Å²) in [5.74, 6) is 0. The molecule has 0 aliphatic rings. The van der Waals surface area contributed by atoms with Crippen molar-refractivity contribution in [1.82, 2.24) is 0 Å². The first-order valence-electron chi connectivity index (χ1n) is 3.61. The molecular weight excluding hydrogens is 234 g/mol. The van der Waals surface area contributed by atoms with Crippen LogP contribution in [0.1, 0.15) is 5.56 Å². The highest BCUT2D eigenvalue weighted by Gasteiger charge is 2.03. The highest BCUT2D eigenvalue weighted by molar-refractivity contribution is 9.10. The van der Waals surface area contributed by atoms with Gasteiger partial charge in [-0.05, 0) is 24.6 Å². The van der Waals surface area contributed by atoms with Crippen LogP contribution < -0.4 is 5.73 Å². The molecule has 0 aliphatic carbocycles. The van der Waals surface area contributed by atoms with Gasteiger partial charge >= 0.3 is 0 Å². The van der Waals surface area contributed by atoms with Gasteiger partial charge in [-0.3, -0.25) is 0 Å². The van der Waals surface area contributed by atoms with Crippen molar-refractivity contribution in [1.29, 1.82) is 0 Å². The number of rotatable bonds is 0. The average molecular weight is 242 g/mol. The zero-order valence-corrected chi connectivity index (χ0v) is 9.00. The molecule has 0 spiro atoms. The summed E-state index contributed by atoms with van der Waals surface area (Å²) >= 11 is 5.17. The zero-order chi connectivity index (χ0) is 8.72. The fraction of sp³-hybridized carbons (Fsp3) is 0.111. The second-order valence-electron chi connectivity index (χ2n) is 2.79. The Balaban J connectivity index is 2.87. The molecular formula is C9H8BrNS. The fourth-order valence-corrected chi connectivity index (χ4v) is 2.54. The van der Waals surface area contributed by atoms with Crippen LogP contribution in [0.4, 0.5) is 5.69 Å². The lowest BCUT2D eigenvalue weighted by Crippen LogP contribution is -1.81. The molecule has 62 valence electrons. The molecule has 1 aromatic heterocycles. The maximum Gasteiger partial charge on any atom is 0.0502 e. The van der Waals surface area contributed by atoms with Crippen LogP contribution in [0.3, 0.4) is 0 Å². The summed E-state index contributed by atoms with van der Waals surface area (Å²) in [7, 11) is 0. The normalized spacial score (nSPS) is 10.8. The van der Waals surface area contributed by atoms with Crippen molar-refractivity contribution in [2.24, 2.45) is 0 Å². The van der Waals surface area contributed by atoms with Gasteiger partial charge in [0.05, 0.1) is 5.69 Å². The number of anilines is 1. The van der Waals surface area contributed by atoms with Crippen molar-refractivity contribution in [3.05, 3.63) is 27.5 Å². The van der Waals surface area contributed by atoms with Crippen molar-refractivity contribution < 1.29 is 0 Å². The Morgan fingerprint density at radius 2 is 2.17 bits per heavy atom. The Kier molecular flexibility index (Phi) is 1.85. The summed E-state index contributed by atoms with van der Waals surface area (Å²) in [5.41, 5.74) is 7.90. The monoisotopic (exact) mass is 241 g/mol. The summed E-state index contributed by atoms with van der Waals surface area (Å²) in [6, 6.07) is 4.23. The van der Waals surface area contributed by atoms with E-state index in [-0.39, 0.29) is 0 Å². The predicted molar refractivity (Wildman–Crippen MR) is 58.7 cm³/mol. The van der Waals surface area contributed by atoms with Crippen LogP contribution in [-0.2, 0) is 0 Å². The Bertz CT molecular complexity index is 433. The lowest BCUT2D eigenvalue weighted by atomic mass is 10.2. The SMILES string of the molecule is Cc1cc2c(N)csc2cc1Br. The van der Waals surface area contributed by atoms with Crippen LogP contribution in [-0.4, -0.2) is 0 Å². The fourth-order valence-electron chi connectivity index (χ4n) is 1.18. The molecule has 0 bridgehead atoms. The largest absolute Gasteiger partial charge is 0.398 e. The smallest absolute Gasteiger partial charge is 0.0502 e. The van der Waals surface area contributed by atoms with E-state index in [0.29, 0.717) is 0 Å². The third-order valence-electron chi connectivity index (χ3n) is 1.88. The minimum absolute atomic E-state index is 0.880. The van der Waals surface area contributed by atoms with Gasteiger partial charge in [0.1, 0.15) is 0 Å². The van der Waals surface area contributed by atoms with Gasteiger partial charge in [0.25, 0.3) is 0 Å². The number of nitrogens with two attached hydrogens (primary N) is 1. The second-order valence-corrected chi connectivity index (χ2v) is 4.55. The van der Waals surface area contributed by atoms with E-state index in [0.717, 1.165) is 10.2 Å². The molecule has 2 aromatic rings. The first kappa shape index (κ1) is 8.08. The van der Waals surface area contributed by atoms with Crippen molar-refractivity contribution >= 4 is 43.0 Å². The summed E-state index contributed by atoms with van der Waals surface area (Å²) in [6.07, 6.45) is 0. The van der Waals surface area contributed by atoms with E-state index in [1.807, 2.05) is 5.38 Å². The molecule has 0 fully saturated rings. The lowest BCUT2D eigenvalue weighted by Gasteiger charge is -1.98. The van der Waals surface area contributed by atoms with Crippen LogP contribution in [0.25, 0.3) is 10.1 Å². The molecule has 0 saturated heterocycles. The van der Waals surface area contributed by atoms with E-state index in [2.05, 4.69) is 35.0 Å². The first-order valence-corrected chi connectivity index (χ1v) is 5.28. The lowest BCUT2D eigenvalue weighted by molar-refractivity contribution is 1.47. The molecule has 1 aromatic carbocycles. The number of nitrogen functional groups attached to an aromatic ring is 1. The Hall–Kier alpha value is -0.540. The first-order chi connectivity index (χ1) is 5.68. The molecule has 1 nitrogen and oxygen atoms in total.